The first kappa shape index (κ1) is 19.0. The largest absolute Gasteiger partial charge is 0.452 e. The number of carbonyl (C=O) groups excluding carboxylic acids is 1. The minimum absolute atomic E-state index is 0.0408. The van der Waals surface area contributed by atoms with Crippen LogP contribution in [-0.2, 0) is 9.53 Å². The van der Waals surface area contributed by atoms with Gasteiger partial charge < -0.3 is 9.15 Å². The number of nitrogens with zero attached hydrogens (tertiary/aromatic N) is 2. The first-order chi connectivity index (χ1) is 12.9. The highest BCUT2D eigenvalue weighted by Crippen LogP contribution is 2.25. The van der Waals surface area contributed by atoms with Crippen molar-refractivity contribution in [2.45, 2.75) is 24.8 Å². The zero-order valence-electron chi connectivity index (χ0n) is 14.6. The molecule has 0 unspecified atom stereocenters. The van der Waals surface area contributed by atoms with Crippen molar-refractivity contribution in [1.82, 2.24) is 10.2 Å². The molecule has 0 aliphatic rings. The Labute approximate surface area is 158 Å². The SMILES string of the molecule is Cc1ccc(-c2nnc([C@@H](C)OC(=O)CSc3cc(F)ccc3F)o2)cc1. The number of thioether (sulfide) groups is 1. The lowest BCUT2D eigenvalue weighted by Gasteiger charge is -2.09. The van der Waals surface area contributed by atoms with Gasteiger partial charge in [-0.2, -0.15) is 0 Å². The Bertz CT molecular complexity index is 944. The van der Waals surface area contributed by atoms with E-state index in [-0.39, 0.29) is 16.5 Å². The van der Waals surface area contributed by atoms with Crippen LogP contribution in [0.25, 0.3) is 11.5 Å². The van der Waals surface area contributed by atoms with Gasteiger partial charge in [-0.15, -0.1) is 22.0 Å². The molecule has 140 valence electrons. The zero-order valence-corrected chi connectivity index (χ0v) is 15.4. The third-order valence-corrected chi connectivity index (χ3v) is 4.64. The fourth-order valence-electron chi connectivity index (χ4n) is 2.22. The van der Waals surface area contributed by atoms with Gasteiger partial charge in [0.1, 0.15) is 11.6 Å². The van der Waals surface area contributed by atoms with Crippen LogP contribution < -0.4 is 0 Å². The smallest absolute Gasteiger partial charge is 0.317 e. The number of aryl methyl sites for hydroxylation is 1. The van der Waals surface area contributed by atoms with E-state index in [1.807, 2.05) is 31.2 Å². The van der Waals surface area contributed by atoms with Gasteiger partial charge in [0.05, 0.1) is 5.75 Å². The van der Waals surface area contributed by atoms with Crippen LogP contribution in [0.2, 0.25) is 0 Å². The Morgan fingerprint density at radius 3 is 2.67 bits per heavy atom. The van der Waals surface area contributed by atoms with Crippen molar-refractivity contribution in [2.75, 3.05) is 5.75 Å². The standard InChI is InChI=1S/C19H16F2N2O3S/c1-11-3-5-13(6-4-11)19-23-22-18(26-19)12(2)25-17(24)10-27-16-9-14(20)7-8-15(16)21/h3-9,12H,10H2,1-2H3/t12-/m1/s1. The lowest BCUT2D eigenvalue weighted by atomic mass is 10.1. The molecule has 0 saturated heterocycles. The number of esters is 1. The van der Waals surface area contributed by atoms with Crippen LogP contribution in [-0.4, -0.2) is 21.9 Å². The van der Waals surface area contributed by atoms with Gasteiger partial charge in [-0.25, -0.2) is 8.78 Å². The summed E-state index contributed by atoms with van der Waals surface area (Å²) >= 11 is 0.854. The van der Waals surface area contributed by atoms with Crippen molar-refractivity contribution >= 4 is 17.7 Å². The van der Waals surface area contributed by atoms with E-state index >= 15 is 0 Å². The quantitative estimate of drug-likeness (QED) is 0.448. The number of rotatable bonds is 6. The first-order valence-electron chi connectivity index (χ1n) is 8.10. The molecule has 1 aromatic heterocycles. The molecule has 8 heteroatoms. The van der Waals surface area contributed by atoms with E-state index < -0.39 is 23.7 Å². The molecule has 0 saturated carbocycles. The molecule has 1 atom stereocenters. The maximum Gasteiger partial charge on any atom is 0.317 e. The summed E-state index contributed by atoms with van der Waals surface area (Å²) in [7, 11) is 0. The summed E-state index contributed by atoms with van der Waals surface area (Å²) in [5.74, 6) is -1.47. The molecular formula is C19H16F2N2O3S. The van der Waals surface area contributed by atoms with E-state index in [9.17, 15) is 13.6 Å². The molecule has 3 aromatic rings. The van der Waals surface area contributed by atoms with Crippen LogP contribution in [0.3, 0.4) is 0 Å². The van der Waals surface area contributed by atoms with Gasteiger partial charge in [-0.3, -0.25) is 4.79 Å². The lowest BCUT2D eigenvalue weighted by molar-refractivity contribution is -0.146. The van der Waals surface area contributed by atoms with Crippen molar-refractivity contribution in [3.63, 3.8) is 0 Å². The monoisotopic (exact) mass is 390 g/mol. The van der Waals surface area contributed by atoms with Crippen molar-refractivity contribution in [1.29, 1.82) is 0 Å². The number of halogens is 2. The number of hydrogen-bond acceptors (Lipinski definition) is 6. The number of hydrogen-bond donors (Lipinski definition) is 0. The van der Waals surface area contributed by atoms with Crippen molar-refractivity contribution in [3.05, 3.63) is 65.6 Å². The van der Waals surface area contributed by atoms with Crippen molar-refractivity contribution < 1.29 is 22.7 Å². The zero-order chi connectivity index (χ0) is 19.4. The lowest BCUT2D eigenvalue weighted by Crippen LogP contribution is -2.11. The number of benzene rings is 2. The molecule has 0 bridgehead atoms. The molecule has 0 aliphatic carbocycles. The molecule has 0 N–H and O–H groups in total. The van der Waals surface area contributed by atoms with E-state index in [1.54, 1.807) is 6.92 Å². The van der Waals surface area contributed by atoms with Crippen LogP contribution in [0.15, 0.2) is 51.8 Å². The second-order valence-corrected chi connectivity index (χ2v) is 6.82. The van der Waals surface area contributed by atoms with Gasteiger partial charge in [0, 0.05) is 10.5 Å². The molecule has 3 rings (SSSR count). The Kier molecular flexibility index (Phi) is 5.85. The molecule has 2 aromatic carbocycles. The Balaban J connectivity index is 1.58. The summed E-state index contributed by atoms with van der Waals surface area (Å²) in [5, 5.41) is 7.86. The van der Waals surface area contributed by atoms with Gasteiger partial charge in [0.25, 0.3) is 5.89 Å². The molecule has 0 fully saturated rings. The van der Waals surface area contributed by atoms with Gasteiger partial charge >= 0.3 is 5.97 Å². The second kappa shape index (κ2) is 8.30. The van der Waals surface area contributed by atoms with E-state index in [1.165, 1.54) is 0 Å². The molecule has 0 aliphatic heterocycles. The molecule has 27 heavy (non-hydrogen) atoms. The van der Waals surface area contributed by atoms with Crippen LogP contribution >= 0.6 is 11.8 Å². The highest BCUT2D eigenvalue weighted by atomic mass is 32.2. The number of carbonyl (C=O) groups is 1. The minimum atomic E-state index is -0.762. The summed E-state index contributed by atoms with van der Waals surface area (Å²) in [4.78, 5) is 12.0. The number of ether oxygens (including phenoxy) is 1. The fourth-order valence-corrected chi connectivity index (χ4v) is 2.96. The molecule has 5 nitrogen and oxygen atoms in total. The maximum absolute atomic E-state index is 13.6. The summed E-state index contributed by atoms with van der Waals surface area (Å²) in [6.07, 6.45) is -0.762. The average Bonchev–Trinajstić information content (AvgIpc) is 3.13. The Morgan fingerprint density at radius 1 is 1.19 bits per heavy atom. The summed E-state index contributed by atoms with van der Waals surface area (Å²) in [5.41, 5.74) is 1.86. The second-order valence-electron chi connectivity index (χ2n) is 5.81. The molecule has 0 spiro atoms. The summed E-state index contributed by atoms with van der Waals surface area (Å²) in [6.45, 7) is 3.57. The van der Waals surface area contributed by atoms with E-state index in [0.29, 0.717) is 5.89 Å². The maximum atomic E-state index is 13.6. The molecule has 0 amide bonds. The Hall–Kier alpha value is -2.74. The Morgan fingerprint density at radius 2 is 1.93 bits per heavy atom. The van der Waals surface area contributed by atoms with E-state index in [2.05, 4.69) is 10.2 Å². The van der Waals surface area contributed by atoms with Crippen molar-refractivity contribution in [2.24, 2.45) is 0 Å². The number of aromatic nitrogens is 2. The van der Waals surface area contributed by atoms with Crippen LogP contribution in [0.4, 0.5) is 8.78 Å². The highest BCUT2D eigenvalue weighted by Gasteiger charge is 2.19. The minimum Gasteiger partial charge on any atom is -0.452 e. The molecule has 1 heterocycles. The molecule has 0 radical (unpaired) electrons. The van der Waals surface area contributed by atoms with Gasteiger partial charge in [0.15, 0.2) is 6.10 Å². The fraction of sp³-hybridized carbons (Fsp3) is 0.211. The van der Waals surface area contributed by atoms with Gasteiger partial charge in [0.2, 0.25) is 5.89 Å². The van der Waals surface area contributed by atoms with Gasteiger partial charge in [-0.1, -0.05) is 17.7 Å². The van der Waals surface area contributed by atoms with E-state index in [0.717, 1.165) is 41.1 Å². The predicted molar refractivity (Wildman–Crippen MR) is 96.1 cm³/mol. The van der Waals surface area contributed by atoms with Crippen LogP contribution in [0.1, 0.15) is 24.5 Å². The average molecular weight is 390 g/mol. The van der Waals surface area contributed by atoms with Crippen molar-refractivity contribution in [3.8, 4) is 11.5 Å². The van der Waals surface area contributed by atoms with Gasteiger partial charge in [-0.05, 0) is 44.2 Å². The third kappa shape index (κ3) is 4.91. The van der Waals surface area contributed by atoms with E-state index in [4.69, 9.17) is 9.15 Å². The third-order valence-electron chi connectivity index (χ3n) is 3.63. The highest BCUT2D eigenvalue weighted by molar-refractivity contribution is 8.00. The molecular weight excluding hydrogens is 374 g/mol. The summed E-state index contributed by atoms with van der Waals surface area (Å²) < 4.78 is 37.5. The normalized spacial score (nSPS) is 12.0. The predicted octanol–water partition coefficient (Wildman–Crippen LogP) is 4.72. The van der Waals surface area contributed by atoms with Crippen LogP contribution in [0.5, 0.6) is 0 Å². The van der Waals surface area contributed by atoms with Crippen LogP contribution in [0, 0.1) is 18.6 Å². The summed E-state index contributed by atoms with van der Waals surface area (Å²) in [6, 6.07) is 10.6. The first-order valence-corrected chi connectivity index (χ1v) is 9.08. The topological polar surface area (TPSA) is 65.2 Å².